The summed E-state index contributed by atoms with van der Waals surface area (Å²) in [4.78, 5) is 42.7. The van der Waals surface area contributed by atoms with E-state index in [0.717, 1.165) is 17.5 Å². The van der Waals surface area contributed by atoms with E-state index < -0.39 is 30.1 Å². The van der Waals surface area contributed by atoms with Crippen LogP contribution < -0.4 is 20.7 Å². The van der Waals surface area contributed by atoms with Gasteiger partial charge in [-0.05, 0) is 55.3 Å². The van der Waals surface area contributed by atoms with Crippen LogP contribution in [0.15, 0.2) is 60.8 Å². The Balaban J connectivity index is 2.03. The zero-order valence-electron chi connectivity index (χ0n) is 23.8. The number of nitrogens with zero attached hydrogens (tertiary/aromatic N) is 1. The van der Waals surface area contributed by atoms with Crippen molar-refractivity contribution in [1.29, 1.82) is 0 Å². The van der Waals surface area contributed by atoms with Gasteiger partial charge in [-0.1, -0.05) is 76.6 Å². The molecule has 39 heavy (non-hydrogen) atoms. The molecule has 0 radical (unpaired) electrons. The van der Waals surface area contributed by atoms with Gasteiger partial charge in [-0.2, -0.15) is 0 Å². The fourth-order valence-corrected chi connectivity index (χ4v) is 4.81. The van der Waals surface area contributed by atoms with Gasteiger partial charge in [-0.3, -0.25) is 19.3 Å². The Morgan fingerprint density at radius 2 is 1.67 bits per heavy atom. The maximum absolute atomic E-state index is 14.0. The molecular formula is C31H42N4O4. The van der Waals surface area contributed by atoms with E-state index in [4.69, 9.17) is 4.74 Å². The summed E-state index contributed by atoms with van der Waals surface area (Å²) in [6.45, 7) is 7.95. The molecule has 0 saturated carbocycles. The Bertz CT molecular complexity index is 1130. The van der Waals surface area contributed by atoms with Crippen molar-refractivity contribution >= 4 is 23.8 Å². The molecule has 0 fully saturated rings. The highest BCUT2D eigenvalue weighted by atomic mass is 16.5. The third kappa shape index (κ3) is 8.17. The van der Waals surface area contributed by atoms with Crippen molar-refractivity contribution in [2.75, 3.05) is 14.1 Å². The zero-order chi connectivity index (χ0) is 28.5. The molecule has 0 saturated heterocycles. The van der Waals surface area contributed by atoms with Gasteiger partial charge in [0, 0.05) is 12.6 Å². The maximum Gasteiger partial charge on any atom is 0.247 e. The van der Waals surface area contributed by atoms with E-state index in [1.807, 2.05) is 101 Å². The molecule has 2 aromatic rings. The molecule has 3 N–H and O–H groups in total. The lowest BCUT2D eigenvalue weighted by molar-refractivity contribution is -0.136. The first kappa shape index (κ1) is 29.9. The number of carbonyl (C=O) groups excluding carboxylic acids is 3. The highest BCUT2D eigenvalue weighted by molar-refractivity contribution is 5.94. The lowest BCUT2D eigenvalue weighted by atomic mass is 9.94. The molecule has 8 heteroatoms. The molecule has 8 nitrogen and oxygen atoms in total. The smallest absolute Gasteiger partial charge is 0.247 e. The summed E-state index contributed by atoms with van der Waals surface area (Å²) in [5.41, 5.74) is 1.79. The monoisotopic (exact) mass is 534 g/mol. The number of amides is 3. The quantitative estimate of drug-likeness (QED) is 0.482. The Kier molecular flexibility index (Phi) is 10.7. The molecule has 0 aromatic heterocycles. The number of benzene rings is 2. The van der Waals surface area contributed by atoms with Crippen LogP contribution in [0, 0.1) is 11.8 Å². The normalized spacial score (nSPS) is 22.3. The van der Waals surface area contributed by atoms with Crippen LogP contribution in [-0.2, 0) is 20.8 Å². The number of carbonyl (C=O) groups is 3. The van der Waals surface area contributed by atoms with Gasteiger partial charge in [0.1, 0.15) is 23.9 Å². The van der Waals surface area contributed by atoms with Crippen LogP contribution >= 0.6 is 0 Å². The molecule has 2 aliphatic heterocycles. The highest BCUT2D eigenvalue weighted by Gasteiger charge is 2.38. The average Bonchev–Trinajstić information content (AvgIpc) is 2.90. The van der Waals surface area contributed by atoms with E-state index in [0.29, 0.717) is 12.2 Å². The first-order valence-electron chi connectivity index (χ1n) is 13.7. The SMILES string of the molecule is CC[C@@H](C)[C@@H](C(=O)N[C@@H]1C(=O)N[C@@H](Cc2ccccc2)C(=O)N/C=C/c2ccc(cc2)O[C@H]1C(C)C)N(C)C. The predicted octanol–water partition coefficient (Wildman–Crippen LogP) is 3.38. The molecule has 2 aromatic carbocycles. The van der Waals surface area contributed by atoms with Crippen LogP contribution in [0.25, 0.3) is 6.08 Å². The van der Waals surface area contributed by atoms with Crippen molar-refractivity contribution in [3.63, 3.8) is 0 Å². The topological polar surface area (TPSA) is 99.8 Å². The molecule has 0 spiro atoms. The van der Waals surface area contributed by atoms with E-state index in [-0.39, 0.29) is 23.7 Å². The van der Waals surface area contributed by atoms with Gasteiger partial charge in [0.15, 0.2) is 0 Å². The number of hydrogen-bond acceptors (Lipinski definition) is 5. The number of nitrogens with one attached hydrogen (secondary N) is 3. The molecule has 2 aliphatic rings. The fraction of sp³-hybridized carbons (Fsp3) is 0.452. The largest absolute Gasteiger partial charge is 0.487 e. The Labute approximate surface area is 232 Å². The van der Waals surface area contributed by atoms with Crippen molar-refractivity contribution < 1.29 is 19.1 Å². The minimum Gasteiger partial charge on any atom is -0.487 e. The lowest BCUT2D eigenvalue weighted by Crippen LogP contribution is -2.62. The second-order valence-corrected chi connectivity index (χ2v) is 10.8. The van der Waals surface area contributed by atoms with E-state index in [9.17, 15) is 14.4 Å². The van der Waals surface area contributed by atoms with E-state index >= 15 is 0 Å². The van der Waals surface area contributed by atoms with E-state index in [1.54, 1.807) is 12.3 Å². The average molecular weight is 535 g/mol. The third-order valence-electron chi connectivity index (χ3n) is 7.14. The number of ether oxygens (including phenoxy) is 1. The second kappa shape index (κ2) is 13.9. The first-order valence-corrected chi connectivity index (χ1v) is 13.7. The van der Waals surface area contributed by atoms with Crippen molar-refractivity contribution in [2.24, 2.45) is 11.8 Å². The second-order valence-electron chi connectivity index (χ2n) is 10.8. The van der Waals surface area contributed by atoms with Gasteiger partial charge in [-0.25, -0.2) is 0 Å². The van der Waals surface area contributed by atoms with Crippen LogP contribution in [0.5, 0.6) is 5.75 Å². The minimum atomic E-state index is -1.03. The molecular weight excluding hydrogens is 492 g/mol. The first-order chi connectivity index (χ1) is 18.6. The summed E-state index contributed by atoms with van der Waals surface area (Å²) in [5, 5.41) is 8.72. The number of rotatable bonds is 8. The lowest BCUT2D eigenvalue weighted by Gasteiger charge is -2.35. The van der Waals surface area contributed by atoms with Crippen molar-refractivity contribution in [1.82, 2.24) is 20.9 Å². The van der Waals surface area contributed by atoms with Crippen LogP contribution in [0.2, 0.25) is 0 Å². The summed E-state index contributed by atoms with van der Waals surface area (Å²) in [6, 6.07) is 14.6. The highest BCUT2D eigenvalue weighted by Crippen LogP contribution is 2.21. The summed E-state index contributed by atoms with van der Waals surface area (Å²) in [6.07, 6.45) is 3.77. The number of hydrogen-bond donors (Lipinski definition) is 3. The van der Waals surface area contributed by atoms with Gasteiger partial charge in [-0.15, -0.1) is 0 Å². The Morgan fingerprint density at radius 3 is 2.26 bits per heavy atom. The van der Waals surface area contributed by atoms with Crippen LogP contribution in [-0.4, -0.2) is 60.9 Å². The van der Waals surface area contributed by atoms with Gasteiger partial charge in [0.25, 0.3) is 0 Å². The van der Waals surface area contributed by atoms with Gasteiger partial charge in [0.05, 0.1) is 6.04 Å². The van der Waals surface area contributed by atoms with E-state index in [1.165, 1.54) is 0 Å². The zero-order valence-corrected chi connectivity index (χ0v) is 23.8. The molecule has 2 bridgehead atoms. The molecule has 210 valence electrons. The van der Waals surface area contributed by atoms with Crippen LogP contribution in [0.3, 0.4) is 0 Å². The maximum atomic E-state index is 14.0. The predicted molar refractivity (Wildman–Crippen MR) is 154 cm³/mol. The van der Waals surface area contributed by atoms with Crippen LogP contribution in [0.1, 0.15) is 45.2 Å². The summed E-state index contributed by atoms with van der Waals surface area (Å²) in [7, 11) is 3.71. The Morgan fingerprint density at radius 1 is 1.00 bits per heavy atom. The van der Waals surface area contributed by atoms with Gasteiger partial charge >= 0.3 is 0 Å². The molecule has 4 rings (SSSR count). The molecule has 5 atom stereocenters. The summed E-state index contributed by atoms with van der Waals surface area (Å²) < 4.78 is 6.35. The van der Waals surface area contributed by atoms with Crippen molar-refractivity contribution in [3.05, 3.63) is 71.9 Å². The third-order valence-corrected chi connectivity index (χ3v) is 7.14. The van der Waals surface area contributed by atoms with Crippen molar-refractivity contribution in [3.8, 4) is 5.75 Å². The van der Waals surface area contributed by atoms with E-state index in [2.05, 4.69) is 16.0 Å². The molecule has 0 unspecified atom stereocenters. The number of likely N-dealkylation sites (N-methyl/N-ethyl adjacent to an activating group) is 1. The summed E-state index contributed by atoms with van der Waals surface area (Å²) in [5.74, 6) is -0.558. The molecule has 2 heterocycles. The van der Waals surface area contributed by atoms with Crippen LogP contribution in [0.4, 0.5) is 0 Å². The minimum absolute atomic E-state index is 0.0657. The van der Waals surface area contributed by atoms with Gasteiger partial charge < -0.3 is 20.7 Å². The molecule has 3 amide bonds. The summed E-state index contributed by atoms with van der Waals surface area (Å²) >= 11 is 0. The number of fused-ring (bicyclic) bond motifs is 10. The Hall–Kier alpha value is -3.65. The van der Waals surface area contributed by atoms with Gasteiger partial charge in [0.2, 0.25) is 17.7 Å². The standard InChI is InChI=1S/C31H42N4O4/c1-7-21(4)27(35(5)6)31(38)34-26-28(20(2)3)39-24-15-13-22(14-16-24)17-18-32-29(36)25(33-30(26)37)19-23-11-9-8-10-12-23/h8-18,20-21,25-28H,7,19H2,1-6H3,(H,32,36)(H,33,37)(H,34,38)/b18-17+/t21-,25+,26+,27+,28+/m1/s1. The van der Waals surface area contributed by atoms with Crippen molar-refractivity contribution in [2.45, 2.75) is 64.8 Å². The fourth-order valence-electron chi connectivity index (χ4n) is 4.81. The molecule has 0 aliphatic carbocycles.